The Morgan fingerprint density at radius 1 is 0.917 bits per heavy atom. The molecule has 2 atom stereocenters. The van der Waals surface area contributed by atoms with Crippen LogP contribution in [0.2, 0.25) is 0 Å². The van der Waals surface area contributed by atoms with Gasteiger partial charge < -0.3 is 5.32 Å². The highest BCUT2D eigenvalue weighted by Crippen LogP contribution is 2.40. The lowest BCUT2D eigenvalue weighted by molar-refractivity contribution is 0.144. The largest absolute Gasteiger partial charge is 0.317 e. The molecule has 70 valence electrons. The predicted octanol–water partition coefficient (Wildman–Crippen LogP) is 2.56. The number of hydrogen-bond acceptors (Lipinski definition) is 1. The second-order valence-corrected chi connectivity index (χ2v) is 4.60. The molecule has 2 saturated carbocycles. The number of rotatable bonds is 2. The monoisotopic (exact) mass is 167 g/mol. The van der Waals surface area contributed by atoms with Crippen molar-refractivity contribution < 1.29 is 0 Å². The van der Waals surface area contributed by atoms with Gasteiger partial charge in [-0.05, 0) is 31.7 Å². The van der Waals surface area contributed by atoms with Crippen molar-refractivity contribution in [2.45, 2.75) is 51.0 Å². The lowest BCUT2D eigenvalue weighted by Crippen LogP contribution is -2.35. The van der Waals surface area contributed by atoms with E-state index in [9.17, 15) is 0 Å². The molecular formula is C11H21N. The molecule has 1 N–H and O–H groups in total. The van der Waals surface area contributed by atoms with Gasteiger partial charge in [0.25, 0.3) is 0 Å². The molecule has 12 heavy (non-hydrogen) atoms. The van der Waals surface area contributed by atoms with Gasteiger partial charge in [0.15, 0.2) is 0 Å². The molecule has 0 aromatic heterocycles. The molecule has 2 fully saturated rings. The van der Waals surface area contributed by atoms with E-state index in [4.69, 9.17) is 0 Å². The van der Waals surface area contributed by atoms with Gasteiger partial charge in [-0.1, -0.05) is 32.1 Å². The molecule has 0 bridgehead atoms. The standard InChI is InChI=1S/C11H21N/c1-12-11-7-3-6-10(8-11)9-4-2-5-9/h9-12H,2-8H2,1H3. The number of hydrogen-bond donors (Lipinski definition) is 1. The molecular weight excluding hydrogens is 146 g/mol. The average Bonchev–Trinajstić information content (AvgIpc) is 2.02. The highest BCUT2D eigenvalue weighted by molar-refractivity contribution is 4.84. The van der Waals surface area contributed by atoms with Crippen LogP contribution in [0.25, 0.3) is 0 Å². The van der Waals surface area contributed by atoms with E-state index < -0.39 is 0 Å². The van der Waals surface area contributed by atoms with Gasteiger partial charge in [-0.3, -0.25) is 0 Å². The second-order valence-electron chi connectivity index (χ2n) is 4.60. The van der Waals surface area contributed by atoms with Gasteiger partial charge in [-0.2, -0.15) is 0 Å². The van der Waals surface area contributed by atoms with Crippen molar-refractivity contribution in [2.75, 3.05) is 7.05 Å². The van der Waals surface area contributed by atoms with Gasteiger partial charge in [-0.15, -0.1) is 0 Å². The molecule has 1 nitrogen and oxygen atoms in total. The smallest absolute Gasteiger partial charge is 0.00668 e. The van der Waals surface area contributed by atoms with Crippen molar-refractivity contribution >= 4 is 0 Å². The summed E-state index contributed by atoms with van der Waals surface area (Å²) in [4.78, 5) is 0. The van der Waals surface area contributed by atoms with Crippen LogP contribution in [0.5, 0.6) is 0 Å². The van der Waals surface area contributed by atoms with Crippen LogP contribution in [0.3, 0.4) is 0 Å². The molecule has 0 radical (unpaired) electrons. The Bertz CT molecular complexity index is 140. The molecule has 0 spiro atoms. The third-order valence-corrected chi connectivity index (χ3v) is 3.94. The van der Waals surface area contributed by atoms with Crippen LogP contribution in [0.15, 0.2) is 0 Å². The van der Waals surface area contributed by atoms with Crippen LogP contribution in [-0.2, 0) is 0 Å². The molecule has 0 aromatic rings. The molecule has 1 heteroatoms. The lowest BCUT2D eigenvalue weighted by Gasteiger charge is -2.39. The fourth-order valence-electron chi connectivity index (χ4n) is 2.83. The second kappa shape index (κ2) is 3.78. The average molecular weight is 167 g/mol. The Balaban J connectivity index is 1.81. The van der Waals surface area contributed by atoms with E-state index in [1.807, 2.05) is 0 Å². The predicted molar refractivity (Wildman–Crippen MR) is 52.1 cm³/mol. The third kappa shape index (κ3) is 1.66. The third-order valence-electron chi connectivity index (χ3n) is 3.94. The van der Waals surface area contributed by atoms with Gasteiger partial charge in [0.05, 0.1) is 0 Å². The summed E-state index contributed by atoms with van der Waals surface area (Å²) in [5.41, 5.74) is 0. The van der Waals surface area contributed by atoms with Gasteiger partial charge in [0.1, 0.15) is 0 Å². The molecule has 2 unspecified atom stereocenters. The van der Waals surface area contributed by atoms with Crippen LogP contribution in [0.1, 0.15) is 44.9 Å². The first kappa shape index (κ1) is 8.55. The molecule has 2 aliphatic rings. The summed E-state index contributed by atoms with van der Waals surface area (Å²) in [5.74, 6) is 2.19. The maximum Gasteiger partial charge on any atom is 0.00668 e. The fraction of sp³-hybridized carbons (Fsp3) is 1.00. The topological polar surface area (TPSA) is 12.0 Å². The highest BCUT2D eigenvalue weighted by atomic mass is 14.9. The van der Waals surface area contributed by atoms with Gasteiger partial charge >= 0.3 is 0 Å². The highest BCUT2D eigenvalue weighted by Gasteiger charge is 2.30. The van der Waals surface area contributed by atoms with E-state index >= 15 is 0 Å². The van der Waals surface area contributed by atoms with Crippen molar-refractivity contribution in [1.82, 2.24) is 5.32 Å². The van der Waals surface area contributed by atoms with Crippen LogP contribution < -0.4 is 5.32 Å². The fourth-order valence-corrected chi connectivity index (χ4v) is 2.83. The molecule has 0 amide bonds. The lowest BCUT2D eigenvalue weighted by atomic mass is 9.69. The van der Waals surface area contributed by atoms with E-state index in [1.54, 1.807) is 0 Å². The molecule has 0 saturated heterocycles. The molecule has 2 aliphatic carbocycles. The molecule has 0 aromatic carbocycles. The Kier molecular flexibility index (Phi) is 2.69. The van der Waals surface area contributed by atoms with Crippen molar-refractivity contribution in [3.05, 3.63) is 0 Å². The zero-order valence-electron chi connectivity index (χ0n) is 8.18. The van der Waals surface area contributed by atoms with Gasteiger partial charge in [0, 0.05) is 6.04 Å². The minimum absolute atomic E-state index is 0.837. The first-order chi connectivity index (χ1) is 5.90. The van der Waals surface area contributed by atoms with Crippen LogP contribution >= 0.6 is 0 Å². The maximum absolute atomic E-state index is 3.44. The quantitative estimate of drug-likeness (QED) is 0.666. The van der Waals surface area contributed by atoms with Gasteiger partial charge in [0.2, 0.25) is 0 Å². The van der Waals surface area contributed by atoms with E-state index in [0.717, 1.165) is 17.9 Å². The molecule has 0 aliphatic heterocycles. The Morgan fingerprint density at radius 3 is 2.17 bits per heavy atom. The first-order valence-electron chi connectivity index (χ1n) is 5.57. The van der Waals surface area contributed by atoms with E-state index in [-0.39, 0.29) is 0 Å². The Labute approximate surface area is 75.9 Å². The summed E-state index contributed by atoms with van der Waals surface area (Å²) < 4.78 is 0. The van der Waals surface area contributed by atoms with Crippen molar-refractivity contribution in [2.24, 2.45) is 11.8 Å². The van der Waals surface area contributed by atoms with E-state index in [0.29, 0.717) is 0 Å². The Hall–Kier alpha value is -0.0400. The zero-order chi connectivity index (χ0) is 8.39. The summed E-state index contributed by atoms with van der Waals surface area (Å²) in [7, 11) is 2.12. The SMILES string of the molecule is CNC1CCCC(C2CCC2)C1. The maximum atomic E-state index is 3.44. The van der Waals surface area contributed by atoms with E-state index in [2.05, 4.69) is 12.4 Å². The molecule has 0 heterocycles. The summed E-state index contributed by atoms with van der Waals surface area (Å²) in [6.45, 7) is 0. The normalized spacial score (nSPS) is 37.8. The van der Waals surface area contributed by atoms with E-state index in [1.165, 1.54) is 44.9 Å². The summed E-state index contributed by atoms with van der Waals surface area (Å²) >= 11 is 0. The summed E-state index contributed by atoms with van der Waals surface area (Å²) in [6, 6.07) is 0.837. The molecule has 2 rings (SSSR count). The summed E-state index contributed by atoms with van der Waals surface area (Å²) in [6.07, 6.45) is 10.4. The van der Waals surface area contributed by atoms with Crippen LogP contribution in [0.4, 0.5) is 0 Å². The first-order valence-corrected chi connectivity index (χ1v) is 5.57. The van der Waals surface area contributed by atoms with Gasteiger partial charge in [-0.25, -0.2) is 0 Å². The minimum atomic E-state index is 0.837. The van der Waals surface area contributed by atoms with Crippen molar-refractivity contribution in [3.63, 3.8) is 0 Å². The summed E-state index contributed by atoms with van der Waals surface area (Å²) in [5, 5.41) is 3.44. The minimum Gasteiger partial charge on any atom is -0.317 e. The van der Waals surface area contributed by atoms with Crippen LogP contribution in [0, 0.1) is 11.8 Å². The van der Waals surface area contributed by atoms with Crippen LogP contribution in [-0.4, -0.2) is 13.1 Å². The van der Waals surface area contributed by atoms with Crippen molar-refractivity contribution in [3.8, 4) is 0 Å². The Morgan fingerprint density at radius 2 is 1.58 bits per heavy atom. The zero-order valence-corrected chi connectivity index (χ0v) is 8.18. The van der Waals surface area contributed by atoms with Crippen molar-refractivity contribution in [1.29, 1.82) is 0 Å². The number of nitrogens with one attached hydrogen (secondary N) is 1.